The molecule has 0 fully saturated rings. The fourth-order valence-electron chi connectivity index (χ4n) is 2.04. The predicted octanol–water partition coefficient (Wildman–Crippen LogP) is 3.25. The number of nitrogens with zero attached hydrogens (tertiary/aromatic N) is 2. The van der Waals surface area contributed by atoms with Gasteiger partial charge in [-0.1, -0.05) is 0 Å². The summed E-state index contributed by atoms with van der Waals surface area (Å²) in [7, 11) is 4.02. The van der Waals surface area contributed by atoms with Crippen molar-refractivity contribution in [1.29, 1.82) is 0 Å². The summed E-state index contributed by atoms with van der Waals surface area (Å²) in [6.45, 7) is 2.45. The normalized spacial score (nSPS) is 12.4. The molecule has 4 nitrogen and oxygen atoms in total. The number of nitrogens with one attached hydrogen (secondary N) is 1. The molecular weight excluding hydrogens is 350 g/mol. The Kier molecular flexibility index (Phi) is 5.50. The molecule has 0 radical (unpaired) electrons. The molecule has 0 saturated heterocycles. The zero-order valence-corrected chi connectivity index (χ0v) is 14.7. The number of carbonyl (C=O) groups excluding carboxylic acids is 1. The summed E-state index contributed by atoms with van der Waals surface area (Å²) in [5.74, 6) is -0.114. The molecule has 2 aromatic rings. The summed E-state index contributed by atoms with van der Waals surface area (Å²) in [6.07, 6.45) is 0. The van der Waals surface area contributed by atoms with Gasteiger partial charge in [0.2, 0.25) is 0 Å². The van der Waals surface area contributed by atoms with Gasteiger partial charge >= 0.3 is 0 Å². The summed E-state index contributed by atoms with van der Waals surface area (Å²) < 4.78 is 0.580. The highest BCUT2D eigenvalue weighted by Gasteiger charge is 2.17. The van der Waals surface area contributed by atoms with Crippen LogP contribution in [0.4, 0.5) is 0 Å². The fourth-order valence-corrected chi connectivity index (χ4v) is 3.34. The number of thiophene rings is 1. The third-order valence-electron chi connectivity index (χ3n) is 3.24. The van der Waals surface area contributed by atoms with Crippen LogP contribution < -0.4 is 5.32 Å². The quantitative estimate of drug-likeness (QED) is 0.825. The van der Waals surface area contributed by atoms with Gasteiger partial charge in [0.25, 0.3) is 5.91 Å². The van der Waals surface area contributed by atoms with Crippen molar-refractivity contribution >= 4 is 33.2 Å². The third kappa shape index (κ3) is 4.12. The average molecular weight is 368 g/mol. The van der Waals surface area contributed by atoms with Crippen LogP contribution in [0, 0.1) is 6.92 Å². The Balaban J connectivity index is 2.05. The third-order valence-corrected chi connectivity index (χ3v) is 4.55. The Morgan fingerprint density at radius 2 is 2.19 bits per heavy atom. The summed E-state index contributed by atoms with van der Waals surface area (Å²) in [5.41, 5.74) is 2.65. The van der Waals surface area contributed by atoms with Crippen LogP contribution in [0.15, 0.2) is 33.6 Å². The van der Waals surface area contributed by atoms with E-state index in [2.05, 4.69) is 42.6 Å². The van der Waals surface area contributed by atoms with Crippen LogP contribution >= 0.6 is 27.3 Å². The van der Waals surface area contributed by atoms with Crippen LogP contribution in [-0.2, 0) is 0 Å². The van der Waals surface area contributed by atoms with Gasteiger partial charge in [0.15, 0.2) is 0 Å². The first-order valence-corrected chi connectivity index (χ1v) is 8.32. The highest BCUT2D eigenvalue weighted by atomic mass is 79.9. The summed E-state index contributed by atoms with van der Waals surface area (Å²) >= 11 is 5.00. The van der Waals surface area contributed by atoms with E-state index in [0.717, 1.165) is 5.69 Å². The predicted molar refractivity (Wildman–Crippen MR) is 89.8 cm³/mol. The number of hydrogen-bond acceptors (Lipinski definition) is 4. The number of amides is 1. The maximum Gasteiger partial charge on any atom is 0.254 e. The van der Waals surface area contributed by atoms with E-state index in [1.165, 1.54) is 5.56 Å². The molecule has 2 heterocycles. The lowest BCUT2D eigenvalue weighted by atomic mass is 10.1. The summed E-state index contributed by atoms with van der Waals surface area (Å²) in [4.78, 5) is 18.6. The molecule has 21 heavy (non-hydrogen) atoms. The van der Waals surface area contributed by atoms with Gasteiger partial charge in [-0.3, -0.25) is 4.79 Å². The van der Waals surface area contributed by atoms with Gasteiger partial charge in [-0.25, -0.2) is 4.98 Å². The molecule has 0 bridgehead atoms. The lowest BCUT2D eigenvalue weighted by molar-refractivity contribution is 0.0940. The van der Waals surface area contributed by atoms with Crippen molar-refractivity contribution in [1.82, 2.24) is 15.2 Å². The number of likely N-dealkylation sites (N-methyl/N-ethyl adjacent to an activating group) is 1. The summed E-state index contributed by atoms with van der Waals surface area (Å²) in [6, 6.07) is 5.88. The van der Waals surface area contributed by atoms with Crippen LogP contribution in [0.1, 0.15) is 27.7 Å². The van der Waals surface area contributed by atoms with Gasteiger partial charge in [-0.05, 0) is 71.5 Å². The highest BCUT2D eigenvalue weighted by Crippen LogP contribution is 2.20. The van der Waals surface area contributed by atoms with Crippen molar-refractivity contribution in [3.05, 3.63) is 50.4 Å². The Morgan fingerprint density at radius 1 is 1.43 bits per heavy atom. The molecule has 2 aromatic heterocycles. The smallest absolute Gasteiger partial charge is 0.254 e. The second-order valence-corrected chi connectivity index (χ2v) is 6.57. The Hall–Kier alpha value is -1.24. The first-order chi connectivity index (χ1) is 9.99. The summed E-state index contributed by atoms with van der Waals surface area (Å²) in [5, 5.41) is 7.14. The molecule has 0 aliphatic heterocycles. The number of halogens is 1. The molecule has 1 amide bonds. The number of pyridine rings is 1. The second kappa shape index (κ2) is 7.15. The molecule has 0 aliphatic carbocycles. The standard InChI is InChI=1S/C15H18BrN3OS/c1-10-4-5-12(14(16)18-10)15(20)17-8-13(19(2)3)11-6-7-21-9-11/h4-7,9,13H,8H2,1-3H3,(H,17,20)/t13-/m1/s1. The fraction of sp³-hybridized carbons (Fsp3) is 0.333. The first-order valence-electron chi connectivity index (χ1n) is 6.59. The Morgan fingerprint density at radius 3 is 2.76 bits per heavy atom. The van der Waals surface area contributed by atoms with Crippen molar-refractivity contribution in [2.75, 3.05) is 20.6 Å². The van der Waals surface area contributed by atoms with E-state index in [0.29, 0.717) is 16.7 Å². The molecule has 0 aromatic carbocycles. The van der Waals surface area contributed by atoms with E-state index in [1.807, 2.05) is 32.5 Å². The Labute approximate surface area is 137 Å². The minimum Gasteiger partial charge on any atom is -0.350 e. The van der Waals surface area contributed by atoms with E-state index < -0.39 is 0 Å². The zero-order chi connectivity index (χ0) is 15.4. The van der Waals surface area contributed by atoms with Crippen molar-refractivity contribution in [2.24, 2.45) is 0 Å². The highest BCUT2D eigenvalue weighted by molar-refractivity contribution is 9.10. The van der Waals surface area contributed by atoms with Crippen molar-refractivity contribution in [2.45, 2.75) is 13.0 Å². The van der Waals surface area contributed by atoms with Gasteiger partial charge in [0, 0.05) is 12.2 Å². The van der Waals surface area contributed by atoms with Crippen LogP contribution in [-0.4, -0.2) is 36.4 Å². The van der Waals surface area contributed by atoms with E-state index in [9.17, 15) is 4.79 Å². The molecular formula is C15H18BrN3OS. The second-order valence-electron chi connectivity index (χ2n) is 5.04. The minimum atomic E-state index is -0.114. The number of rotatable bonds is 5. The Bertz CT molecular complexity index is 613. The van der Waals surface area contributed by atoms with Crippen molar-refractivity contribution < 1.29 is 4.79 Å². The van der Waals surface area contributed by atoms with Crippen molar-refractivity contribution in [3.8, 4) is 0 Å². The number of aryl methyl sites for hydroxylation is 1. The van der Waals surface area contributed by atoms with Gasteiger partial charge in [0.1, 0.15) is 4.60 Å². The monoisotopic (exact) mass is 367 g/mol. The molecule has 0 spiro atoms. The molecule has 1 atom stereocenters. The number of carbonyl (C=O) groups is 1. The van der Waals surface area contributed by atoms with Gasteiger partial charge in [0.05, 0.1) is 11.6 Å². The van der Waals surface area contributed by atoms with Crippen LogP contribution in [0.3, 0.4) is 0 Å². The first kappa shape index (κ1) is 16.1. The van der Waals surface area contributed by atoms with Gasteiger partial charge in [-0.2, -0.15) is 11.3 Å². The van der Waals surface area contributed by atoms with Gasteiger partial charge < -0.3 is 10.2 Å². The molecule has 112 valence electrons. The van der Waals surface area contributed by atoms with E-state index in [-0.39, 0.29) is 11.9 Å². The number of hydrogen-bond donors (Lipinski definition) is 1. The number of aromatic nitrogens is 1. The lowest BCUT2D eigenvalue weighted by Gasteiger charge is -2.24. The largest absolute Gasteiger partial charge is 0.350 e. The van der Waals surface area contributed by atoms with Crippen LogP contribution in [0.25, 0.3) is 0 Å². The molecule has 1 N–H and O–H groups in total. The van der Waals surface area contributed by atoms with E-state index in [4.69, 9.17) is 0 Å². The average Bonchev–Trinajstić information content (AvgIpc) is 2.92. The maximum atomic E-state index is 12.3. The van der Waals surface area contributed by atoms with Gasteiger partial charge in [-0.15, -0.1) is 0 Å². The molecule has 2 rings (SSSR count). The zero-order valence-electron chi connectivity index (χ0n) is 12.3. The SMILES string of the molecule is Cc1ccc(C(=O)NC[C@H](c2ccsc2)N(C)C)c(Br)n1. The molecule has 0 saturated carbocycles. The molecule has 6 heteroatoms. The van der Waals surface area contributed by atoms with E-state index >= 15 is 0 Å². The minimum absolute atomic E-state index is 0.114. The van der Waals surface area contributed by atoms with E-state index in [1.54, 1.807) is 17.4 Å². The topological polar surface area (TPSA) is 45.2 Å². The lowest BCUT2D eigenvalue weighted by Crippen LogP contribution is -2.34. The molecule has 0 unspecified atom stereocenters. The van der Waals surface area contributed by atoms with Crippen molar-refractivity contribution in [3.63, 3.8) is 0 Å². The van der Waals surface area contributed by atoms with Crippen LogP contribution in [0.5, 0.6) is 0 Å². The maximum absolute atomic E-state index is 12.3. The molecule has 0 aliphatic rings. The van der Waals surface area contributed by atoms with Crippen LogP contribution in [0.2, 0.25) is 0 Å².